The van der Waals surface area contributed by atoms with Crippen LogP contribution in [-0.2, 0) is 12.0 Å². The summed E-state index contributed by atoms with van der Waals surface area (Å²) < 4.78 is 0. The van der Waals surface area contributed by atoms with E-state index in [4.69, 9.17) is 0 Å². The van der Waals surface area contributed by atoms with Gasteiger partial charge in [0.1, 0.15) is 0 Å². The standard InChI is InChI=1S/C19H25N/c1-5-20-14-16-8-6-7-9-18(16)15-10-12-17(13-11-15)19(2,3)4/h6-13,20H,5,14H2,1-4H3. The first-order chi connectivity index (χ1) is 9.52. The normalized spacial score (nSPS) is 11.6. The zero-order chi connectivity index (χ0) is 14.6. The van der Waals surface area contributed by atoms with Crippen molar-refractivity contribution in [3.8, 4) is 11.1 Å². The summed E-state index contributed by atoms with van der Waals surface area (Å²) in [6, 6.07) is 17.6. The van der Waals surface area contributed by atoms with E-state index in [2.05, 4.69) is 81.5 Å². The van der Waals surface area contributed by atoms with Crippen molar-refractivity contribution >= 4 is 0 Å². The highest BCUT2D eigenvalue weighted by Crippen LogP contribution is 2.28. The fourth-order valence-electron chi connectivity index (χ4n) is 2.37. The topological polar surface area (TPSA) is 12.0 Å². The molecular weight excluding hydrogens is 242 g/mol. The fourth-order valence-corrected chi connectivity index (χ4v) is 2.37. The Morgan fingerprint density at radius 1 is 0.900 bits per heavy atom. The summed E-state index contributed by atoms with van der Waals surface area (Å²) in [5, 5.41) is 3.41. The van der Waals surface area contributed by atoms with E-state index in [1.807, 2.05) is 0 Å². The molecule has 0 aromatic heterocycles. The molecule has 1 nitrogen and oxygen atoms in total. The monoisotopic (exact) mass is 267 g/mol. The second-order valence-electron chi connectivity index (χ2n) is 6.26. The quantitative estimate of drug-likeness (QED) is 0.842. The molecule has 1 N–H and O–H groups in total. The molecule has 0 aliphatic carbocycles. The van der Waals surface area contributed by atoms with Crippen molar-refractivity contribution in [3.63, 3.8) is 0 Å². The van der Waals surface area contributed by atoms with Gasteiger partial charge < -0.3 is 5.32 Å². The number of rotatable bonds is 4. The van der Waals surface area contributed by atoms with Crippen LogP contribution in [0.25, 0.3) is 11.1 Å². The molecule has 0 heterocycles. The zero-order valence-electron chi connectivity index (χ0n) is 13.0. The lowest BCUT2D eigenvalue weighted by Gasteiger charge is -2.19. The summed E-state index contributed by atoms with van der Waals surface area (Å²) >= 11 is 0. The molecule has 0 unspecified atom stereocenters. The van der Waals surface area contributed by atoms with Crippen LogP contribution in [0.15, 0.2) is 48.5 Å². The molecule has 0 bridgehead atoms. The van der Waals surface area contributed by atoms with Crippen molar-refractivity contribution in [3.05, 3.63) is 59.7 Å². The van der Waals surface area contributed by atoms with Crippen LogP contribution in [0.2, 0.25) is 0 Å². The second-order valence-corrected chi connectivity index (χ2v) is 6.26. The molecule has 2 rings (SSSR count). The first-order valence-electron chi connectivity index (χ1n) is 7.42. The van der Waals surface area contributed by atoms with E-state index in [1.165, 1.54) is 22.3 Å². The Morgan fingerprint density at radius 2 is 1.55 bits per heavy atom. The molecule has 0 spiro atoms. The predicted molar refractivity (Wildman–Crippen MR) is 88.0 cm³/mol. The maximum absolute atomic E-state index is 3.41. The van der Waals surface area contributed by atoms with E-state index >= 15 is 0 Å². The molecule has 2 aromatic rings. The highest BCUT2D eigenvalue weighted by atomic mass is 14.8. The van der Waals surface area contributed by atoms with Gasteiger partial charge in [-0.25, -0.2) is 0 Å². The molecule has 106 valence electrons. The van der Waals surface area contributed by atoms with E-state index in [1.54, 1.807) is 0 Å². The molecule has 0 saturated carbocycles. The summed E-state index contributed by atoms with van der Waals surface area (Å²) in [5.41, 5.74) is 5.57. The van der Waals surface area contributed by atoms with Crippen molar-refractivity contribution in [1.29, 1.82) is 0 Å². The third kappa shape index (κ3) is 3.49. The minimum absolute atomic E-state index is 0.210. The van der Waals surface area contributed by atoms with E-state index in [0.717, 1.165) is 13.1 Å². The van der Waals surface area contributed by atoms with Gasteiger partial charge >= 0.3 is 0 Å². The van der Waals surface area contributed by atoms with Crippen molar-refractivity contribution in [2.45, 2.75) is 39.7 Å². The first kappa shape index (κ1) is 14.8. The van der Waals surface area contributed by atoms with Gasteiger partial charge in [-0.3, -0.25) is 0 Å². The SMILES string of the molecule is CCNCc1ccccc1-c1ccc(C(C)(C)C)cc1. The van der Waals surface area contributed by atoms with E-state index in [0.29, 0.717) is 0 Å². The van der Waals surface area contributed by atoms with Crippen molar-refractivity contribution in [2.75, 3.05) is 6.54 Å². The lowest BCUT2D eigenvalue weighted by Crippen LogP contribution is -2.12. The second kappa shape index (κ2) is 6.23. The Balaban J connectivity index is 2.32. The lowest BCUT2D eigenvalue weighted by atomic mass is 9.86. The van der Waals surface area contributed by atoms with E-state index in [-0.39, 0.29) is 5.41 Å². The molecule has 0 amide bonds. The van der Waals surface area contributed by atoms with Crippen LogP contribution in [0.3, 0.4) is 0 Å². The van der Waals surface area contributed by atoms with Gasteiger partial charge in [-0.1, -0.05) is 76.2 Å². The molecule has 0 fully saturated rings. The van der Waals surface area contributed by atoms with Crippen LogP contribution in [0, 0.1) is 0 Å². The van der Waals surface area contributed by atoms with Crippen LogP contribution in [-0.4, -0.2) is 6.54 Å². The summed E-state index contributed by atoms with van der Waals surface area (Å²) in [6.07, 6.45) is 0. The van der Waals surface area contributed by atoms with Gasteiger partial charge in [-0.2, -0.15) is 0 Å². The molecule has 0 atom stereocenters. The first-order valence-corrected chi connectivity index (χ1v) is 7.42. The molecule has 0 aliphatic heterocycles. The van der Waals surface area contributed by atoms with Gasteiger partial charge in [-0.05, 0) is 34.2 Å². The summed E-state index contributed by atoms with van der Waals surface area (Å²) in [6.45, 7) is 10.8. The highest BCUT2D eigenvalue weighted by Gasteiger charge is 2.13. The molecular formula is C19H25N. The third-order valence-corrected chi connectivity index (χ3v) is 3.64. The van der Waals surface area contributed by atoms with Crippen LogP contribution >= 0.6 is 0 Å². The maximum Gasteiger partial charge on any atom is 0.0211 e. The minimum atomic E-state index is 0.210. The van der Waals surface area contributed by atoms with Gasteiger partial charge in [0, 0.05) is 6.54 Å². The average molecular weight is 267 g/mol. The number of benzene rings is 2. The summed E-state index contributed by atoms with van der Waals surface area (Å²) in [5.74, 6) is 0. The van der Waals surface area contributed by atoms with Gasteiger partial charge in [0.2, 0.25) is 0 Å². The molecule has 0 aliphatic rings. The molecule has 1 heteroatoms. The predicted octanol–water partition coefficient (Wildman–Crippen LogP) is 4.76. The lowest BCUT2D eigenvalue weighted by molar-refractivity contribution is 0.590. The maximum atomic E-state index is 3.41. The largest absolute Gasteiger partial charge is 0.313 e. The van der Waals surface area contributed by atoms with Crippen LogP contribution in [0.1, 0.15) is 38.8 Å². The van der Waals surface area contributed by atoms with E-state index < -0.39 is 0 Å². The Morgan fingerprint density at radius 3 is 2.15 bits per heavy atom. The number of hydrogen-bond donors (Lipinski definition) is 1. The minimum Gasteiger partial charge on any atom is -0.313 e. The van der Waals surface area contributed by atoms with E-state index in [9.17, 15) is 0 Å². The van der Waals surface area contributed by atoms with Crippen molar-refractivity contribution in [1.82, 2.24) is 5.32 Å². The Labute approximate surface area is 123 Å². The van der Waals surface area contributed by atoms with Crippen molar-refractivity contribution in [2.24, 2.45) is 0 Å². The Kier molecular flexibility index (Phi) is 4.61. The summed E-state index contributed by atoms with van der Waals surface area (Å²) in [7, 11) is 0. The third-order valence-electron chi connectivity index (χ3n) is 3.64. The Bertz CT molecular complexity index is 547. The van der Waals surface area contributed by atoms with Crippen LogP contribution in [0.4, 0.5) is 0 Å². The smallest absolute Gasteiger partial charge is 0.0211 e. The molecule has 0 saturated heterocycles. The van der Waals surface area contributed by atoms with Gasteiger partial charge in [0.05, 0.1) is 0 Å². The van der Waals surface area contributed by atoms with Gasteiger partial charge in [-0.15, -0.1) is 0 Å². The Hall–Kier alpha value is -1.60. The van der Waals surface area contributed by atoms with Gasteiger partial charge in [0.25, 0.3) is 0 Å². The molecule has 20 heavy (non-hydrogen) atoms. The van der Waals surface area contributed by atoms with Crippen molar-refractivity contribution < 1.29 is 0 Å². The molecule has 2 aromatic carbocycles. The van der Waals surface area contributed by atoms with Gasteiger partial charge in [0.15, 0.2) is 0 Å². The summed E-state index contributed by atoms with van der Waals surface area (Å²) in [4.78, 5) is 0. The highest BCUT2D eigenvalue weighted by molar-refractivity contribution is 5.67. The number of nitrogens with one attached hydrogen (secondary N) is 1. The van der Waals surface area contributed by atoms with Crippen LogP contribution in [0.5, 0.6) is 0 Å². The fraction of sp³-hybridized carbons (Fsp3) is 0.368. The zero-order valence-corrected chi connectivity index (χ0v) is 13.0. The molecule has 0 radical (unpaired) electrons. The number of hydrogen-bond acceptors (Lipinski definition) is 1. The average Bonchev–Trinajstić information content (AvgIpc) is 2.45. The van der Waals surface area contributed by atoms with Crippen LogP contribution < -0.4 is 5.32 Å².